The van der Waals surface area contributed by atoms with Crippen LogP contribution >= 0.6 is 11.3 Å². The maximum atomic E-state index is 13.1. The average Bonchev–Trinajstić information content (AvgIpc) is 3.34. The van der Waals surface area contributed by atoms with E-state index in [0.29, 0.717) is 41.9 Å². The molecule has 2 fully saturated rings. The Morgan fingerprint density at radius 1 is 1.11 bits per heavy atom. The molecule has 7 nitrogen and oxygen atoms in total. The summed E-state index contributed by atoms with van der Waals surface area (Å²) in [5.41, 5.74) is 8.68. The number of amides is 2. The molecule has 8 heteroatoms. The molecule has 0 aromatic carbocycles. The van der Waals surface area contributed by atoms with Crippen molar-refractivity contribution in [3.63, 3.8) is 0 Å². The van der Waals surface area contributed by atoms with Gasteiger partial charge in [0.2, 0.25) is 5.91 Å². The maximum absolute atomic E-state index is 13.1. The summed E-state index contributed by atoms with van der Waals surface area (Å²) in [5.74, 6) is 0.978. The SMILES string of the molecule is CCCCC(=O)N1CC2CN(C(=O)c3sc4nnc(C)c(C)c4c3N)CC2C1. The van der Waals surface area contributed by atoms with Gasteiger partial charge in [-0.05, 0) is 25.8 Å². The van der Waals surface area contributed by atoms with Gasteiger partial charge < -0.3 is 15.5 Å². The lowest BCUT2D eigenvalue weighted by molar-refractivity contribution is -0.130. The molecule has 2 aromatic heterocycles. The quantitative estimate of drug-likeness (QED) is 0.850. The molecule has 2 unspecified atom stereocenters. The second kappa shape index (κ2) is 7.31. The van der Waals surface area contributed by atoms with E-state index in [1.54, 1.807) is 0 Å². The van der Waals surface area contributed by atoms with Crippen molar-refractivity contribution in [2.75, 3.05) is 31.9 Å². The van der Waals surface area contributed by atoms with Crippen LogP contribution in [0.2, 0.25) is 0 Å². The Kier molecular flexibility index (Phi) is 4.99. The number of carbonyl (C=O) groups is 2. The summed E-state index contributed by atoms with van der Waals surface area (Å²) < 4.78 is 0. The van der Waals surface area contributed by atoms with Crippen molar-refractivity contribution >= 4 is 39.1 Å². The van der Waals surface area contributed by atoms with Crippen molar-refractivity contribution in [1.29, 1.82) is 0 Å². The molecule has 0 saturated carbocycles. The minimum atomic E-state index is -0.0178. The van der Waals surface area contributed by atoms with E-state index >= 15 is 0 Å². The number of rotatable bonds is 4. The third-order valence-electron chi connectivity index (χ3n) is 6.20. The molecule has 0 bridgehead atoms. The fourth-order valence-electron chi connectivity index (χ4n) is 4.39. The zero-order chi connectivity index (χ0) is 20.0. The topological polar surface area (TPSA) is 92.4 Å². The number of nitrogens with zero attached hydrogens (tertiary/aromatic N) is 4. The Balaban J connectivity index is 1.47. The van der Waals surface area contributed by atoms with E-state index in [2.05, 4.69) is 17.1 Å². The average molecular weight is 402 g/mol. The Hall–Kier alpha value is -2.22. The Labute approximate surface area is 168 Å². The number of hydrogen-bond donors (Lipinski definition) is 1. The minimum Gasteiger partial charge on any atom is -0.397 e. The molecule has 4 heterocycles. The van der Waals surface area contributed by atoms with Crippen molar-refractivity contribution in [2.45, 2.75) is 40.0 Å². The first-order valence-corrected chi connectivity index (χ1v) is 10.8. The number of thiophene rings is 1. The predicted molar refractivity (Wildman–Crippen MR) is 110 cm³/mol. The molecule has 2 atom stereocenters. The van der Waals surface area contributed by atoms with Crippen molar-refractivity contribution < 1.29 is 9.59 Å². The molecular formula is C20H27N5O2S. The van der Waals surface area contributed by atoms with Gasteiger partial charge in [0.1, 0.15) is 9.71 Å². The molecule has 0 spiro atoms. The first kappa shape index (κ1) is 19.1. The predicted octanol–water partition coefficient (Wildman–Crippen LogP) is 2.61. The number of anilines is 1. The molecule has 2 N–H and O–H groups in total. The molecule has 2 aliphatic heterocycles. The number of likely N-dealkylation sites (tertiary alicyclic amines) is 2. The van der Waals surface area contributed by atoms with Crippen molar-refractivity contribution in [1.82, 2.24) is 20.0 Å². The van der Waals surface area contributed by atoms with Gasteiger partial charge in [-0.3, -0.25) is 9.59 Å². The summed E-state index contributed by atoms with van der Waals surface area (Å²) in [6, 6.07) is 0. The smallest absolute Gasteiger partial charge is 0.266 e. The highest BCUT2D eigenvalue weighted by atomic mass is 32.1. The van der Waals surface area contributed by atoms with Gasteiger partial charge >= 0.3 is 0 Å². The van der Waals surface area contributed by atoms with Crippen molar-refractivity contribution in [2.24, 2.45) is 11.8 Å². The summed E-state index contributed by atoms with van der Waals surface area (Å²) in [7, 11) is 0. The zero-order valence-corrected chi connectivity index (χ0v) is 17.5. The molecule has 28 heavy (non-hydrogen) atoms. The molecule has 150 valence electrons. The van der Waals surface area contributed by atoms with Gasteiger partial charge in [0.15, 0.2) is 0 Å². The van der Waals surface area contributed by atoms with E-state index in [1.807, 2.05) is 23.6 Å². The van der Waals surface area contributed by atoms with E-state index < -0.39 is 0 Å². The van der Waals surface area contributed by atoms with Crippen LogP contribution < -0.4 is 5.73 Å². The maximum Gasteiger partial charge on any atom is 0.266 e. The number of aryl methyl sites for hydroxylation is 2. The third kappa shape index (κ3) is 3.13. The molecule has 2 aromatic rings. The normalized spacial score (nSPS) is 21.5. The van der Waals surface area contributed by atoms with Gasteiger partial charge in [-0.15, -0.1) is 16.4 Å². The van der Waals surface area contributed by atoms with Crippen LogP contribution in [-0.2, 0) is 4.79 Å². The molecule has 2 aliphatic rings. The highest BCUT2D eigenvalue weighted by Crippen LogP contribution is 2.38. The van der Waals surface area contributed by atoms with Gasteiger partial charge in [-0.1, -0.05) is 13.3 Å². The molecule has 4 rings (SSSR count). The van der Waals surface area contributed by atoms with Gasteiger partial charge in [0.25, 0.3) is 5.91 Å². The van der Waals surface area contributed by atoms with Crippen LogP contribution in [0, 0.1) is 25.7 Å². The van der Waals surface area contributed by atoms with Crippen LogP contribution in [0.4, 0.5) is 5.69 Å². The summed E-state index contributed by atoms with van der Waals surface area (Å²) in [6.07, 6.45) is 2.62. The molecule has 2 saturated heterocycles. The number of nitrogen functional groups attached to an aromatic ring is 1. The van der Waals surface area contributed by atoms with E-state index in [1.165, 1.54) is 11.3 Å². The number of unbranched alkanes of at least 4 members (excludes halogenated alkanes) is 1. The highest BCUT2D eigenvalue weighted by molar-refractivity contribution is 7.21. The number of fused-ring (bicyclic) bond motifs is 2. The second-order valence-electron chi connectivity index (χ2n) is 8.07. The fourth-order valence-corrected chi connectivity index (χ4v) is 5.46. The van der Waals surface area contributed by atoms with E-state index in [-0.39, 0.29) is 11.8 Å². The zero-order valence-electron chi connectivity index (χ0n) is 16.7. The standard InChI is InChI=1S/C20H27N5O2S/c1-4-5-6-15(26)24-7-13-9-25(10-14(13)8-24)20(27)18-17(21)16-11(2)12(3)22-23-19(16)28-18/h13-14H,4-10,21H2,1-3H3. The molecular weight excluding hydrogens is 374 g/mol. The van der Waals surface area contributed by atoms with Crippen LogP contribution in [0.15, 0.2) is 0 Å². The van der Waals surface area contributed by atoms with Crippen LogP contribution in [0.25, 0.3) is 10.2 Å². The van der Waals surface area contributed by atoms with E-state index in [4.69, 9.17) is 5.73 Å². The lowest BCUT2D eigenvalue weighted by atomic mass is 10.0. The second-order valence-corrected chi connectivity index (χ2v) is 9.07. The van der Waals surface area contributed by atoms with Crippen LogP contribution in [0.5, 0.6) is 0 Å². The Morgan fingerprint density at radius 3 is 2.39 bits per heavy atom. The lowest BCUT2D eigenvalue weighted by Gasteiger charge is -2.21. The van der Waals surface area contributed by atoms with Crippen LogP contribution in [0.1, 0.15) is 47.1 Å². The van der Waals surface area contributed by atoms with Crippen molar-refractivity contribution in [3.8, 4) is 0 Å². The van der Waals surface area contributed by atoms with Gasteiger partial charge in [0, 0.05) is 49.8 Å². The molecule has 2 amide bonds. The summed E-state index contributed by atoms with van der Waals surface area (Å²) in [6.45, 7) is 8.88. The lowest BCUT2D eigenvalue weighted by Crippen LogP contribution is -2.35. The number of nitrogens with two attached hydrogens (primary N) is 1. The van der Waals surface area contributed by atoms with Crippen molar-refractivity contribution in [3.05, 3.63) is 16.1 Å². The monoisotopic (exact) mass is 401 g/mol. The number of carbonyl (C=O) groups excluding carboxylic acids is 2. The summed E-state index contributed by atoms with van der Waals surface area (Å²) >= 11 is 1.33. The molecule has 0 radical (unpaired) electrons. The minimum absolute atomic E-state index is 0.0178. The van der Waals surface area contributed by atoms with Gasteiger partial charge in [-0.2, -0.15) is 5.10 Å². The first-order valence-electron chi connectivity index (χ1n) is 9.99. The highest BCUT2D eigenvalue weighted by Gasteiger charge is 2.43. The van der Waals surface area contributed by atoms with Gasteiger partial charge in [0.05, 0.1) is 11.4 Å². The largest absolute Gasteiger partial charge is 0.397 e. The number of aromatic nitrogens is 2. The third-order valence-corrected chi connectivity index (χ3v) is 7.28. The van der Waals surface area contributed by atoms with Crippen LogP contribution in [0.3, 0.4) is 0 Å². The Morgan fingerprint density at radius 2 is 1.75 bits per heavy atom. The summed E-state index contributed by atoms with van der Waals surface area (Å²) in [4.78, 5) is 30.6. The number of hydrogen-bond acceptors (Lipinski definition) is 6. The fraction of sp³-hybridized carbons (Fsp3) is 0.600. The summed E-state index contributed by atoms with van der Waals surface area (Å²) in [5, 5.41) is 9.22. The molecule has 0 aliphatic carbocycles. The first-order chi connectivity index (χ1) is 13.4. The van der Waals surface area contributed by atoms with Crippen LogP contribution in [-0.4, -0.2) is 58.0 Å². The Bertz CT molecular complexity index is 926. The van der Waals surface area contributed by atoms with Gasteiger partial charge in [-0.25, -0.2) is 0 Å². The van der Waals surface area contributed by atoms with E-state index in [0.717, 1.165) is 47.4 Å². The van der Waals surface area contributed by atoms with E-state index in [9.17, 15) is 9.59 Å².